The van der Waals surface area contributed by atoms with Gasteiger partial charge in [-0.3, -0.25) is 4.79 Å². The van der Waals surface area contributed by atoms with E-state index < -0.39 is 0 Å². The van der Waals surface area contributed by atoms with E-state index in [1.807, 2.05) is 24.3 Å². The summed E-state index contributed by atoms with van der Waals surface area (Å²) in [6.45, 7) is 0.477. The molecule has 0 aliphatic heterocycles. The van der Waals surface area contributed by atoms with Crippen LogP contribution in [0.2, 0.25) is 0 Å². The Hall–Kier alpha value is -3.05. The Morgan fingerprint density at radius 3 is 2.90 bits per heavy atom. The van der Waals surface area contributed by atoms with Crippen LogP contribution in [-0.2, 0) is 11.3 Å². The number of hydrogen-bond donors (Lipinski definition) is 1. The maximum absolute atomic E-state index is 13.3. The van der Waals surface area contributed by atoms with Crippen molar-refractivity contribution in [1.82, 2.24) is 25.2 Å². The van der Waals surface area contributed by atoms with E-state index in [4.69, 9.17) is 4.74 Å². The number of thiazole rings is 1. The zero-order valence-electron chi connectivity index (χ0n) is 15.2. The molecule has 0 saturated heterocycles. The standard InChI is InChI=1S/C18H15FN6O2S2/c1-27-13-5-2-11(3-6-13)9-25-18(22-23-24-25)28-10-16(26)21-17-20-14-7-4-12(19)8-15(14)29-17/h2-8H,9-10H2,1H3,(H,20,21,26). The Labute approximate surface area is 173 Å². The molecule has 0 radical (unpaired) electrons. The van der Waals surface area contributed by atoms with Crippen molar-refractivity contribution in [1.29, 1.82) is 0 Å². The number of methoxy groups -OCH3 is 1. The van der Waals surface area contributed by atoms with Crippen molar-refractivity contribution in [2.45, 2.75) is 11.7 Å². The Morgan fingerprint density at radius 1 is 1.28 bits per heavy atom. The fraction of sp³-hybridized carbons (Fsp3) is 0.167. The van der Waals surface area contributed by atoms with Crippen molar-refractivity contribution < 1.29 is 13.9 Å². The summed E-state index contributed by atoms with van der Waals surface area (Å²) in [6, 6.07) is 11.9. The fourth-order valence-electron chi connectivity index (χ4n) is 2.54. The summed E-state index contributed by atoms with van der Waals surface area (Å²) in [4.78, 5) is 16.5. The largest absolute Gasteiger partial charge is 0.497 e. The third-order valence-electron chi connectivity index (χ3n) is 3.92. The van der Waals surface area contributed by atoms with Crippen LogP contribution in [0.1, 0.15) is 5.56 Å². The number of rotatable bonds is 7. The molecule has 0 bridgehead atoms. The molecule has 2 heterocycles. The molecule has 2 aromatic heterocycles. The molecule has 1 N–H and O–H groups in total. The van der Waals surface area contributed by atoms with Gasteiger partial charge in [-0.15, -0.1) is 5.10 Å². The van der Waals surface area contributed by atoms with Crippen LogP contribution < -0.4 is 10.1 Å². The molecule has 0 spiro atoms. The smallest absolute Gasteiger partial charge is 0.236 e. The fourth-order valence-corrected chi connectivity index (χ4v) is 4.12. The average molecular weight is 430 g/mol. The van der Waals surface area contributed by atoms with Gasteiger partial charge in [0.2, 0.25) is 11.1 Å². The topological polar surface area (TPSA) is 94.8 Å². The van der Waals surface area contributed by atoms with E-state index in [9.17, 15) is 9.18 Å². The number of amides is 1. The van der Waals surface area contributed by atoms with Gasteiger partial charge in [-0.2, -0.15) is 0 Å². The van der Waals surface area contributed by atoms with Crippen LogP contribution >= 0.6 is 23.1 Å². The highest BCUT2D eigenvalue weighted by Crippen LogP contribution is 2.26. The van der Waals surface area contributed by atoms with Gasteiger partial charge in [-0.05, 0) is 46.3 Å². The third kappa shape index (κ3) is 4.69. The summed E-state index contributed by atoms with van der Waals surface area (Å²) in [5, 5.41) is 15.3. The lowest BCUT2D eigenvalue weighted by Gasteiger charge is -2.05. The number of benzene rings is 2. The van der Waals surface area contributed by atoms with Gasteiger partial charge in [0.1, 0.15) is 11.6 Å². The van der Waals surface area contributed by atoms with E-state index in [-0.39, 0.29) is 17.5 Å². The van der Waals surface area contributed by atoms with E-state index in [2.05, 4.69) is 25.8 Å². The molecule has 1 amide bonds. The van der Waals surface area contributed by atoms with Crippen molar-refractivity contribution in [2.75, 3.05) is 18.2 Å². The molecule has 29 heavy (non-hydrogen) atoms. The molecule has 11 heteroatoms. The number of nitrogens with zero attached hydrogens (tertiary/aromatic N) is 5. The number of aromatic nitrogens is 5. The van der Waals surface area contributed by atoms with Gasteiger partial charge < -0.3 is 10.1 Å². The molecule has 0 atom stereocenters. The molecule has 4 aromatic rings. The molecule has 0 unspecified atom stereocenters. The van der Waals surface area contributed by atoms with E-state index in [1.165, 1.54) is 35.2 Å². The van der Waals surface area contributed by atoms with Crippen LogP contribution in [0.25, 0.3) is 10.2 Å². The second kappa shape index (κ2) is 8.53. The summed E-state index contributed by atoms with van der Waals surface area (Å²) < 4.78 is 20.7. The summed E-state index contributed by atoms with van der Waals surface area (Å²) >= 11 is 2.45. The number of anilines is 1. The third-order valence-corrected chi connectivity index (χ3v) is 5.81. The highest BCUT2D eigenvalue weighted by Gasteiger charge is 2.13. The summed E-state index contributed by atoms with van der Waals surface area (Å²) in [6.07, 6.45) is 0. The second-order valence-electron chi connectivity index (χ2n) is 5.94. The zero-order valence-corrected chi connectivity index (χ0v) is 16.8. The maximum atomic E-state index is 13.3. The molecule has 4 rings (SSSR count). The second-order valence-corrected chi connectivity index (χ2v) is 7.91. The molecule has 0 aliphatic carbocycles. The minimum absolute atomic E-state index is 0.118. The first-order chi connectivity index (χ1) is 14.1. The molecule has 148 valence electrons. The number of hydrogen-bond acceptors (Lipinski definition) is 8. The van der Waals surface area contributed by atoms with E-state index in [1.54, 1.807) is 17.9 Å². The van der Waals surface area contributed by atoms with Gasteiger partial charge in [0.15, 0.2) is 5.13 Å². The lowest BCUT2D eigenvalue weighted by Crippen LogP contribution is -2.14. The van der Waals surface area contributed by atoms with Crippen LogP contribution in [0.5, 0.6) is 5.75 Å². The molecule has 8 nitrogen and oxygen atoms in total. The van der Waals surface area contributed by atoms with Crippen LogP contribution in [-0.4, -0.2) is 44.0 Å². The zero-order chi connectivity index (χ0) is 20.2. The van der Waals surface area contributed by atoms with E-state index in [0.29, 0.717) is 27.0 Å². The summed E-state index contributed by atoms with van der Waals surface area (Å²) in [5.74, 6) is 0.314. The van der Waals surface area contributed by atoms with Gasteiger partial charge >= 0.3 is 0 Å². The number of nitrogens with one attached hydrogen (secondary N) is 1. The van der Waals surface area contributed by atoms with E-state index >= 15 is 0 Å². The molecule has 2 aromatic carbocycles. The molecular formula is C18H15FN6O2S2. The van der Waals surface area contributed by atoms with E-state index in [0.717, 1.165) is 11.3 Å². The Kier molecular flexibility index (Phi) is 5.67. The number of carbonyl (C=O) groups excluding carboxylic acids is 1. The minimum Gasteiger partial charge on any atom is -0.497 e. The number of ether oxygens (including phenoxy) is 1. The van der Waals surface area contributed by atoms with Crippen molar-refractivity contribution in [3.8, 4) is 5.75 Å². The highest BCUT2D eigenvalue weighted by atomic mass is 32.2. The number of carbonyl (C=O) groups is 1. The van der Waals surface area contributed by atoms with Crippen LogP contribution in [0, 0.1) is 5.82 Å². The normalized spacial score (nSPS) is 11.0. The van der Waals surface area contributed by atoms with Crippen molar-refractivity contribution in [3.63, 3.8) is 0 Å². The number of tetrazole rings is 1. The van der Waals surface area contributed by atoms with Crippen LogP contribution in [0.3, 0.4) is 0 Å². The monoisotopic (exact) mass is 430 g/mol. The Balaban J connectivity index is 1.36. The van der Waals surface area contributed by atoms with Gasteiger partial charge in [0.25, 0.3) is 0 Å². The van der Waals surface area contributed by atoms with Crippen molar-refractivity contribution in [2.24, 2.45) is 0 Å². The number of halogens is 1. The highest BCUT2D eigenvalue weighted by molar-refractivity contribution is 7.99. The van der Waals surface area contributed by atoms with Gasteiger partial charge in [0, 0.05) is 0 Å². The van der Waals surface area contributed by atoms with Crippen LogP contribution in [0.4, 0.5) is 9.52 Å². The van der Waals surface area contributed by atoms with Gasteiger partial charge in [0.05, 0.1) is 29.6 Å². The number of thioether (sulfide) groups is 1. The quantitative estimate of drug-likeness (QED) is 0.450. The van der Waals surface area contributed by atoms with Crippen molar-refractivity contribution >= 4 is 44.4 Å². The average Bonchev–Trinajstić information content (AvgIpc) is 3.32. The maximum Gasteiger partial charge on any atom is 0.236 e. The summed E-state index contributed by atoms with van der Waals surface area (Å²) in [5.41, 5.74) is 1.65. The van der Waals surface area contributed by atoms with Crippen molar-refractivity contribution in [3.05, 3.63) is 53.8 Å². The first kappa shape index (κ1) is 19.3. The molecular weight excluding hydrogens is 415 g/mol. The first-order valence-corrected chi connectivity index (χ1v) is 10.3. The van der Waals surface area contributed by atoms with Crippen LogP contribution in [0.15, 0.2) is 47.6 Å². The lowest BCUT2D eigenvalue weighted by atomic mass is 10.2. The Bertz CT molecular complexity index is 1140. The minimum atomic E-state index is -0.335. The predicted molar refractivity (Wildman–Crippen MR) is 109 cm³/mol. The van der Waals surface area contributed by atoms with Gasteiger partial charge in [-0.1, -0.05) is 35.2 Å². The molecule has 0 saturated carbocycles. The molecule has 0 fully saturated rings. The summed E-state index contributed by atoms with van der Waals surface area (Å²) in [7, 11) is 1.61. The Morgan fingerprint density at radius 2 is 2.10 bits per heavy atom. The lowest BCUT2D eigenvalue weighted by molar-refractivity contribution is -0.113. The number of fused-ring (bicyclic) bond motifs is 1. The van der Waals surface area contributed by atoms with Gasteiger partial charge in [-0.25, -0.2) is 14.1 Å². The SMILES string of the molecule is COc1ccc(Cn2nnnc2SCC(=O)Nc2nc3ccc(F)cc3s2)cc1. The predicted octanol–water partition coefficient (Wildman–Crippen LogP) is 3.21. The first-order valence-electron chi connectivity index (χ1n) is 8.48. The molecule has 0 aliphatic rings.